The van der Waals surface area contributed by atoms with Gasteiger partial charge in [0.05, 0.1) is 5.69 Å². The SMILES string of the molecule is Cc1nn(C)c(NCC(C)(C)c2ccccc2)c1C#N. The lowest BCUT2D eigenvalue weighted by molar-refractivity contribution is 0.553. The third-order valence-corrected chi connectivity index (χ3v) is 3.59. The first kappa shape index (κ1) is 14.1. The van der Waals surface area contributed by atoms with Crippen LogP contribution in [0.2, 0.25) is 0 Å². The molecule has 0 saturated carbocycles. The topological polar surface area (TPSA) is 53.6 Å². The van der Waals surface area contributed by atoms with E-state index >= 15 is 0 Å². The number of aromatic nitrogens is 2. The van der Waals surface area contributed by atoms with Gasteiger partial charge in [-0.2, -0.15) is 10.4 Å². The number of nitrogens with zero attached hydrogens (tertiary/aromatic N) is 3. The van der Waals surface area contributed by atoms with Gasteiger partial charge in [0.15, 0.2) is 0 Å². The van der Waals surface area contributed by atoms with Crippen molar-refractivity contribution in [2.24, 2.45) is 7.05 Å². The summed E-state index contributed by atoms with van der Waals surface area (Å²) in [5.74, 6) is 0.786. The molecular weight excluding hydrogens is 248 g/mol. The highest BCUT2D eigenvalue weighted by molar-refractivity contribution is 5.55. The summed E-state index contributed by atoms with van der Waals surface area (Å²) in [5, 5.41) is 16.9. The zero-order valence-electron chi connectivity index (χ0n) is 12.4. The molecule has 1 aromatic heterocycles. The van der Waals surface area contributed by atoms with Crippen molar-refractivity contribution in [2.75, 3.05) is 11.9 Å². The van der Waals surface area contributed by atoms with E-state index in [4.69, 9.17) is 0 Å². The summed E-state index contributed by atoms with van der Waals surface area (Å²) in [7, 11) is 1.85. The normalized spacial score (nSPS) is 11.2. The molecule has 0 bridgehead atoms. The minimum atomic E-state index is -0.0217. The Labute approximate surface area is 120 Å². The highest BCUT2D eigenvalue weighted by Crippen LogP contribution is 2.25. The van der Waals surface area contributed by atoms with Gasteiger partial charge in [0, 0.05) is 19.0 Å². The van der Waals surface area contributed by atoms with Gasteiger partial charge in [0.25, 0.3) is 0 Å². The van der Waals surface area contributed by atoms with Gasteiger partial charge < -0.3 is 5.32 Å². The number of hydrogen-bond donors (Lipinski definition) is 1. The Bertz CT molecular complexity index is 632. The van der Waals surface area contributed by atoms with Crippen LogP contribution in [0, 0.1) is 18.3 Å². The number of anilines is 1. The van der Waals surface area contributed by atoms with E-state index in [1.807, 2.05) is 32.2 Å². The number of hydrogen-bond acceptors (Lipinski definition) is 3. The quantitative estimate of drug-likeness (QED) is 0.927. The molecule has 1 heterocycles. The largest absolute Gasteiger partial charge is 0.368 e. The molecule has 0 unspecified atom stereocenters. The van der Waals surface area contributed by atoms with Crippen LogP contribution in [0.15, 0.2) is 30.3 Å². The molecule has 2 aromatic rings. The van der Waals surface area contributed by atoms with Gasteiger partial charge in [-0.05, 0) is 12.5 Å². The first-order chi connectivity index (χ1) is 9.45. The Morgan fingerprint density at radius 3 is 2.55 bits per heavy atom. The van der Waals surface area contributed by atoms with Gasteiger partial charge in [0.2, 0.25) is 0 Å². The fraction of sp³-hybridized carbons (Fsp3) is 0.375. The van der Waals surface area contributed by atoms with Gasteiger partial charge in [-0.15, -0.1) is 0 Å². The fourth-order valence-electron chi connectivity index (χ4n) is 2.29. The van der Waals surface area contributed by atoms with E-state index in [1.165, 1.54) is 5.56 Å². The smallest absolute Gasteiger partial charge is 0.142 e. The lowest BCUT2D eigenvalue weighted by Gasteiger charge is -2.26. The maximum atomic E-state index is 9.22. The van der Waals surface area contributed by atoms with Gasteiger partial charge in [-0.25, -0.2) is 0 Å². The minimum absolute atomic E-state index is 0.0217. The molecule has 20 heavy (non-hydrogen) atoms. The van der Waals surface area contributed by atoms with Crippen molar-refractivity contribution in [3.8, 4) is 6.07 Å². The van der Waals surface area contributed by atoms with E-state index in [0.29, 0.717) is 5.56 Å². The Kier molecular flexibility index (Phi) is 3.80. The van der Waals surface area contributed by atoms with Gasteiger partial charge in [0.1, 0.15) is 17.5 Å². The summed E-state index contributed by atoms with van der Waals surface area (Å²) in [4.78, 5) is 0. The molecular formula is C16H20N4. The van der Waals surface area contributed by atoms with Gasteiger partial charge in [-0.3, -0.25) is 4.68 Å². The second kappa shape index (κ2) is 5.38. The number of rotatable bonds is 4. The van der Waals surface area contributed by atoms with Crippen LogP contribution < -0.4 is 5.32 Å². The first-order valence-corrected chi connectivity index (χ1v) is 6.69. The molecule has 1 aromatic carbocycles. The third-order valence-electron chi connectivity index (χ3n) is 3.59. The second-order valence-corrected chi connectivity index (χ2v) is 5.65. The van der Waals surface area contributed by atoms with Crippen molar-refractivity contribution in [3.05, 3.63) is 47.2 Å². The number of benzene rings is 1. The van der Waals surface area contributed by atoms with Crippen molar-refractivity contribution in [2.45, 2.75) is 26.2 Å². The fourth-order valence-corrected chi connectivity index (χ4v) is 2.29. The van der Waals surface area contributed by atoms with Crippen LogP contribution in [-0.2, 0) is 12.5 Å². The first-order valence-electron chi connectivity index (χ1n) is 6.69. The Hall–Kier alpha value is -2.28. The zero-order chi connectivity index (χ0) is 14.8. The van der Waals surface area contributed by atoms with Crippen LogP contribution in [0.1, 0.15) is 30.7 Å². The van der Waals surface area contributed by atoms with Crippen LogP contribution in [0.5, 0.6) is 0 Å². The van der Waals surface area contributed by atoms with E-state index in [1.54, 1.807) is 4.68 Å². The Morgan fingerprint density at radius 2 is 1.95 bits per heavy atom. The molecule has 4 heteroatoms. The van der Waals surface area contributed by atoms with Crippen LogP contribution in [0.3, 0.4) is 0 Å². The summed E-state index contributed by atoms with van der Waals surface area (Å²) in [5.41, 5.74) is 2.63. The van der Waals surface area contributed by atoms with Crippen LogP contribution >= 0.6 is 0 Å². The predicted molar refractivity (Wildman–Crippen MR) is 80.6 cm³/mol. The molecule has 0 aliphatic heterocycles. The second-order valence-electron chi connectivity index (χ2n) is 5.65. The van der Waals surface area contributed by atoms with Crippen molar-refractivity contribution >= 4 is 5.82 Å². The van der Waals surface area contributed by atoms with Crippen LogP contribution in [-0.4, -0.2) is 16.3 Å². The molecule has 0 amide bonds. The molecule has 0 atom stereocenters. The molecule has 0 fully saturated rings. The van der Waals surface area contributed by atoms with E-state index in [0.717, 1.165) is 18.1 Å². The van der Waals surface area contributed by atoms with E-state index in [2.05, 4.69) is 42.5 Å². The van der Waals surface area contributed by atoms with Crippen LogP contribution in [0.25, 0.3) is 0 Å². The average Bonchev–Trinajstić information content (AvgIpc) is 2.71. The number of nitriles is 1. The highest BCUT2D eigenvalue weighted by atomic mass is 15.3. The van der Waals surface area contributed by atoms with E-state index in [-0.39, 0.29) is 5.41 Å². The van der Waals surface area contributed by atoms with E-state index in [9.17, 15) is 5.26 Å². The highest BCUT2D eigenvalue weighted by Gasteiger charge is 2.22. The van der Waals surface area contributed by atoms with Gasteiger partial charge in [-0.1, -0.05) is 44.2 Å². The molecule has 0 aliphatic rings. The minimum Gasteiger partial charge on any atom is -0.368 e. The third kappa shape index (κ3) is 2.67. The van der Waals surface area contributed by atoms with Crippen molar-refractivity contribution in [1.29, 1.82) is 5.26 Å². The zero-order valence-corrected chi connectivity index (χ0v) is 12.4. The summed E-state index contributed by atoms with van der Waals surface area (Å²) >= 11 is 0. The summed E-state index contributed by atoms with van der Waals surface area (Å²) in [6.07, 6.45) is 0. The lowest BCUT2D eigenvalue weighted by atomic mass is 9.84. The monoisotopic (exact) mass is 268 g/mol. The molecule has 0 spiro atoms. The summed E-state index contributed by atoms with van der Waals surface area (Å²) in [6, 6.07) is 12.6. The van der Waals surface area contributed by atoms with Crippen molar-refractivity contribution < 1.29 is 0 Å². The maximum Gasteiger partial charge on any atom is 0.142 e. The molecule has 0 aliphatic carbocycles. The van der Waals surface area contributed by atoms with Crippen molar-refractivity contribution in [3.63, 3.8) is 0 Å². The number of aryl methyl sites for hydroxylation is 2. The molecule has 0 radical (unpaired) electrons. The molecule has 104 valence electrons. The maximum absolute atomic E-state index is 9.22. The summed E-state index contributed by atoms with van der Waals surface area (Å²) < 4.78 is 1.73. The standard InChI is InChI=1S/C16H20N4/c1-12-14(10-17)15(20(4)19-12)18-11-16(2,3)13-8-6-5-7-9-13/h5-9,18H,11H2,1-4H3. The Morgan fingerprint density at radius 1 is 1.30 bits per heavy atom. The average molecular weight is 268 g/mol. The summed E-state index contributed by atoms with van der Waals surface area (Å²) in [6.45, 7) is 6.96. The predicted octanol–water partition coefficient (Wildman–Crippen LogP) is 2.99. The van der Waals surface area contributed by atoms with Gasteiger partial charge >= 0.3 is 0 Å². The Balaban J connectivity index is 2.19. The van der Waals surface area contributed by atoms with Crippen molar-refractivity contribution in [1.82, 2.24) is 9.78 Å². The molecule has 4 nitrogen and oxygen atoms in total. The molecule has 2 rings (SSSR count). The lowest BCUT2D eigenvalue weighted by Crippen LogP contribution is -2.28. The number of nitrogens with one attached hydrogen (secondary N) is 1. The van der Waals surface area contributed by atoms with E-state index < -0.39 is 0 Å². The molecule has 0 saturated heterocycles. The molecule has 1 N–H and O–H groups in total. The van der Waals surface area contributed by atoms with Crippen LogP contribution in [0.4, 0.5) is 5.82 Å².